The van der Waals surface area contributed by atoms with E-state index in [9.17, 15) is 9.90 Å². The van der Waals surface area contributed by atoms with Gasteiger partial charge in [0, 0.05) is 57.7 Å². The maximum atomic E-state index is 11.5. The quantitative estimate of drug-likeness (QED) is 0.678. The number of nitrogens with one attached hydrogen (secondary N) is 2. The molecule has 0 aliphatic carbocycles. The van der Waals surface area contributed by atoms with Crippen LogP contribution in [0, 0.1) is 12.8 Å². The smallest absolute Gasteiger partial charge is 0.222 e. The lowest BCUT2D eigenvalue weighted by Crippen LogP contribution is -2.42. The third-order valence-electron chi connectivity index (χ3n) is 4.32. The third kappa shape index (κ3) is 3.59. The maximum absolute atomic E-state index is 11.5. The largest absolute Gasteiger partial charge is 0.390 e. The topological polar surface area (TPSA) is 82.4 Å². The third-order valence-corrected chi connectivity index (χ3v) is 4.32. The van der Waals surface area contributed by atoms with Crippen LogP contribution in [0.5, 0.6) is 0 Å². The van der Waals surface area contributed by atoms with Gasteiger partial charge in [-0.05, 0) is 13.3 Å². The summed E-state index contributed by atoms with van der Waals surface area (Å²) in [5.74, 6) is 1.70. The van der Waals surface area contributed by atoms with Gasteiger partial charge in [-0.15, -0.1) is 0 Å². The number of fused-ring (bicyclic) bond motifs is 1. The first-order chi connectivity index (χ1) is 10.6. The van der Waals surface area contributed by atoms with Gasteiger partial charge in [0.1, 0.15) is 5.82 Å². The summed E-state index contributed by atoms with van der Waals surface area (Å²) in [4.78, 5) is 13.3. The molecule has 3 N–H and O–H groups in total. The van der Waals surface area contributed by atoms with Gasteiger partial charge in [-0.1, -0.05) is 0 Å². The first-order valence-electron chi connectivity index (χ1n) is 8.06. The van der Waals surface area contributed by atoms with Crippen LogP contribution < -0.4 is 10.6 Å². The van der Waals surface area contributed by atoms with Crippen molar-refractivity contribution >= 4 is 11.7 Å². The van der Waals surface area contributed by atoms with E-state index < -0.39 is 6.10 Å². The van der Waals surface area contributed by atoms with Crippen LogP contribution in [0.4, 0.5) is 5.82 Å². The molecule has 7 heteroatoms. The number of nitrogens with zero attached hydrogens (tertiary/aromatic N) is 3. The van der Waals surface area contributed by atoms with Gasteiger partial charge < -0.3 is 20.6 Å². The zero-order chi connectivity index (χ0) is 15.5. The molecule has 22 heavy (non-hydrogen) atoms. The molecule has 2 aliphatic rings. The second-order valence-corrected chi connectivity index (χ2v) is 6.36. The van der Waals surface area contributed by atoms with E-state index in [1.165, 1.54) is 0 Å². The number of carbonyl (C=O) groups excluding carboxylic acids is 1. The van der Waals surface area contributed by atoms with Crippen molar-refractivity contribution < 1.29 is 9.90 Å². The molecule has 1 aromatic heterocycles. The lowest BCUT2D eigenvalue weighted by molar-refractivity contribution is -0.128. The van der Waals surface area contributed by atoms with Gasteiger partial charge >= 0.3 is 0 Å². The van der Waals surface area contributed by atoms with Gasteiger partial charge in [0.15, 0.2) is 0 Å². The predicted molar refractivity (Wildman–Crippen MR) is 83.6 cm³/mol. The fraction of sp³-hybridized carbons (Fsp3) is 0.733. The molecule has 0 unspecified atom stereocenters. The van der Waals surface area contributed by atoms with Crippen LogP contribution in [-0.4, -0.2) is 64.5 Å². The number of anilines is 1. The monoisotopic (exact) mass is 307 g/mol. The molecule has 0 radical (unpaired) electrons. The molecular weight excluding hydrogens is 282 g/mol. The van der Waals surface area contributed by atoms with Gasteiger partial charge in [0.2, 0.25) is 5.91 Å². The summed E-state index contributed by atoms with van der Waals surface area (Å²) in [7, 11) is 0. The minimum Gasteiger partial charge on any atom is -0.390 e. The van der Waals surface area contributed by atoms with Crippen molar-refractivity contribution in [2.75, 3.05) is 38.0 Å². The Labute approximate surface area is 130 Å². The van der Waals surface area contributed by atoms with Crippen molar-refractivity contribution in [1.29, 1.82) is 0 Å². The molecule has 3 heterocycles. The summed E-state index contributed by atoms with van der Waals surface area (Å²) in [6.45, 7) is 6.38. The number of rotatable bonds is 6. The number of hydrogen-bond acceptors (Lipinski definition) is 5. The number of aromatic nitrogens is 2. The number of likely N-dealkylation sites (tertiary alicyclic amines) is 1. The molecule has 122 valence electrons. The molecule has 1 amide bonds. The van der Waals surface area contributed by atoms with E-state index in [2.05, 4.69) is 21.8 Å². The molecule has 0 spiro atoms. The molecule has 2 atom stereocenters. The molecule has 1 aromatic rings. The average Bonchev–Trinajstić information content (AvgIpc) is 3.03. The highest BCUT2D eigenvalue weighted by atomic mass is 16.3. The maximum Gasteiger partial charge on any atom is 0.222 e. The Morgan fingerprint density at radius 3 is 3.23 bits per heavy atom. The number of aryl methyl sites for hydroxylation is 1. The zero-order valence-electron chi connectivity index (χ0n) is 13.1. The van der Waals surface area contributed by atoms with E-state index in [0.29, 0.717) is 25.4 Å². The number of aliphatic hydroxyl groups excluding tert-OH is 1. The Morgan fingerprint density at radius 1 is 1.59 bits per heavy atom. The number of carbonyl (C=O) groups is 1. The first kappa shape index (κ1) is 15.3. The number of hydrogen-bond donors (Lipinski definition) is 3. The minimum atomic E-state index is -0.499. The van der Waals surface area contributed by atoms with Gasteiger partial charge in [0.25, 0.3) is 0 Å². The standard InChI is InChI=1S/C15H25N5O2/c1-11-5-14-17-7-12(9-20(14)18-11)6-16-8-13(21)10-19-4-2-3-15(19)22/h5,12-13,16-17,21H,2-4,6-10H2,1H3/t12-,13+/m1/s1. The number of β-amino-alcohol motifs (C(OH)–C–C–N with tert-alkyl or cyclic N) is 1. The van der Waals surface area contributed by atoms with Gasteiger partial charge in [-0.25, -0.2) is 4.68 Å². The van der Waals surface area contributed by atoms with E-state index in [1.807, 2.05) is 11.6 Å². The average molecular weight is 307 g/mol. The highest BCUT2D eigenvalue weighted by Crippen LogP contribution is 2.17. The van der Waals surface area contributed by atoms with Crippen molar-refractivity contribution in [3.8, 4) is 0 Å². The van der Waals surface area contributed by atoms with Crippen molar-refractivity contribution in [3.63, 3.8) is 0 Å². The van der Waals surface area contributed by atoms with Crippen molar-refractivity contribution in [1.82, 2.24) is 20.0 Å². The van der Waals surface area contributed by atoms with E-state index >= 15 is 0 Å². The van der Waals surface area contributed by atoms with Crippen molar-refractivity contribution in [3.05, 3.63) is 11.8 Å². The highest BCUT2D eigenvalue weighted by molar-refractivity contribution is 5.78. The van der Waals surface area contributed by atoms with Crippen LogP contribution in [0.2, 0.25) is 0 Å². The number of amides is 1. The fourth-order valence-electron chi connectivity index (χ4n) is 3.19. The minimum absolute atomic E-state index is 0.164. The summed E-state index contributed by atoms with van der Waals surface area (Å²) in [6, 6.07) is 2.06. The van der Waals surface area contributed by atoms with Gasteiger partial charge in [-0.2, -0.15) is 5.10 Å². The van der Waals surface area contributed by atoms with Crippen LogP contribution in [0.3, 0.4) is 0 Å². The Morgan fingerprint density at radius 2 is 2.45 bits per heavy atom. The van der Waals surface area contributed by atoms with E-state index in [-0.39, 0.29) is 5.91 Å². The Balaban J connectivity index is 1.37. The molecule has 7 nitrogen and oxygen atoms in total. The van der Waals surface area contributed by atoms with Crippen molar-refractivity contribution in [2.24, 2.45) is 5.92 Å². The normalized spacial score (nSPS) is 22.5. The summed E-state index contributed by atoms with van der Waals surface area (Å²) in [5.41, 5.74) is 1.03. The van der Waals surface area contributed by atoms with E-state index in [0.717, 1.165) is 44.1 Å². The fourth-order valence-corrected chi connectivity index (χ4v) is 3.19. The van der Waals surface area contributed by atoms with Crippen LogP contribution >= 0.6 is 0 Å². The van der Waals surface area contributed by atoms with E-state index in [4.69, 9.17) is 0 Å². The Bertz CT molecular complexity index is 530. The molecule has 0 saturated carbocycles. The summed E-state index contributed by atoms with van der Waals surface area (Å²) < 4.78 is 2.00. The van der Waals surface area contributed by atoms with Gasteiger partial charge in [0.05, 0.1) is 11.8 Å². The van der Waals surface area contributed by atoms with E-state index in [1.54, 1.807) is 4.90 Å². The summed E-state index contributed by atoms with van der Waals surface area (Å²) >= 11 is 0. The molecule has 3 rings (SSSR count). The molecule has 1 fully saturated rings. The first-order valence-corrected chi connectivity index (χ1v) is 8.06. The van der Waals surface area contributed by atoms with Gasteiger partial charge in [-0.3, -0.25) is 4.79 Å². The lowest BCUT2D eigenvalue weighted by Gasteiger charge is -2.26. The Kier molecular flexibility index (Phi) is 4.63. The summed E-state index contributed by atoms with van der Waals surface area (Å²) in [6.07, 6.45) is 1.04. The zero-order valence-corrected chi connectivity index (χ0v) is 13.1. The molecule has 0 aromatic carbocycles. The van der Waals surface area contributed by atoms with Crippen LogP contribution in [0.25, 0.3) is 0 Å². The molecule has 0 bridgehead atoms. The summed E-state index contributed by atoms with van der Waals surface area (Å²) in [5, 5.41) is 21.2. The molecular formula is C15H25N5O2. The van der Waals surface area contributed by atoms with Crippen LogP contribution in [0.15, 0.2) is 6.07 Å². The molecule has 2 aliphatic heterocycles. The predicted octanol–water partition coefficient (Wildman–Crippen LogP) is -0.194. The van der Waals surface area contributed by atoms with Crippen LogP contribution in [-0.2, 0) is 11.3 Å². The van der Waals surface area contributed by atoms with Crippen LogP contribution in [0.1, 0.15) is 18.5 Å². The second kappa shape index (κ2) is 6.66. The Hall–Kier alpha value is -1.60. The highest BCUT2D eigenvalue weighted by Gasteiger charge is 2.23. The number of aliphatic hydroxyl groups is 1. The van der Waals surface area contributed by atoms with Crippen molar-refractivity contribution in [2.45, 2.75) is 32.4 Å². The second-order valence-electron chi connectivity index (χ2n) is 6.36. The molecule has 1 saturated heterocycles. The lowest BCUT2D eigenvalue weighted by atomic mass is 10.1. The SMILES string of the molecule is Cc1cc2n(n1)C[C@H](CNC[C@H](O)CN1CCCC1=O)CN2.